The Labute approximate surface area is 133 Å². The maximum Gasteiger partial charge on any atom is 0.123 e. The van der Waals surface area contributed by atoms with Gasteiger partial charge in [-0.3, -0.25) is 0 Å². The van der Waals surface area contributed by atoms with E-state index in [9.17, 15) is 0 Å². The van der Waals surface area contributed by atoms with Crippen molar-refractivity contribution in [1.82, 2.24) is 0 Å². The van der Waals surface area contributed by atoms with Gasteiger partial charge in [-0.25, -0.2) is 0 Å². The number of nitrogens with two attached hydrogens (primary N) is 1. The molecule has 21 heavy (non-hydrogen) atoms. The van der Waals surface area contributed by atoms with Crippen molar-refractivity contribution in [1.29, 1.82) is 0 Å². The van der Waals surface area contributed by atoms with E-state index in [1.54, 1.807) is 12.1 Å². The van der Waals surface area contributed by atoms with E-state index in [4.69, 9.17) is 28.9 Å². The van der Waals surface area contributed by atoms with Gasteiger partial charge < -0.3 is 5.73 Å². The van der Waals surface area contributed by atoms with Crippen LogP contribution in [0.2, 0.25) is 10.0 Å². The van der Waals surface area contributed by atoms with Gasteiger partial charge in [0.25, 0.3) is 0 Å². The minimum absolute atomic E-state index is 0.00102. The van der Waals surface area contributed by atoms with Gasteiger partial charge in [-0.15, -0.1) is 5.10 Å². The van der Waals surface area contributed by atoms with E-state index in [2.05, 4.69) is 10.2 Å². The molecule has 2 aromatic rings. The zero-order valence-corrected chi connectivity index (χ0v) is 12.6. The van der Waals surface area contributed by atoms with E-state index >= 15 is 0 Å². The molecule has 0 saturated carbocycles. The molecule has 1 atom stereocenters. The van der Waals surface area contributed by atoms with Gasteiger partial charge in [0.2, 0.25) is 0 Å². The highest BCUT2D eigenvalue weighted by molar-refractivity contribution is 6.40. The van der Waals surface area contributed by atoms with E-state index in [-0.39, 0.29) is 5.92 Å². The molecule has 3 nitrogen and oxygen atoms in total. The first-order valence-corrected chi connectivity index (χ1v) is 7.31. The minimum Gasteiger partial charge on any atom is -0.386 e. The molecule has 2 N–H and O–H groups in total. The zero-order chi connectivity index (χ0) is 14.8. The van der Waals surface area contributed by atoms with Gasteiger partial charge in [0.05, 0.1) is 15.8 Å². The van der Waals surface area contributed by atoms with Crippen LogP contribution in [0.5, 0.6) is 0 Å². The molecule has 0 radical (unpaired) electrons. The van der Waals surface area contributed by atoms with Crippen LogP contribution in [-0.2, 0) is 0 Å². The van der Waals surface area contributed by atoms with E-state index in [0.29, 0.717) is 22.3 Å². The van der Waals surface area contributed by atoms with Crippen LogP contribution < -0.4 is 5.73 Å². The second-order valence-electron chi connectivity index (χ2n) is 4.84. The van der Waals surface area contributed by atoms with Crippen LogP contribution in [0.25, 0.3) is 0 Å². The molecule has 0 saturated heterocycles. The van der Waals surface area contributed by atoms with Crippen molar-refractivity contribution in [2.75, 3.05) is 0 Å². The van der Waals surface area contributed by atoms with Crippen LogP contribution in [0.1, 0.15) is 23.5 Å². The maximum absolute atomic E-state index is 6.31. The maximum atomic E-state index is 6.31. The van der Waals surface area contributed by atoms with Crippen LogP contribution in [0.15, 0.2) is 58.7 Å². The smallest absolute Gasteiger partial charge is 0.123 e. The summed E-state index contributed by atoms with van der Waals surface area (Å²) < 4.78 is 0. The summed E-state index contributed by atoms with van der Waals surface area (Å²) in [6.07, 6.45) is 0.602. The average Bonchev–Trinajstić information content (AvgIpc) is 2.49. The van der Waals surface area contributed by atoms with Crippen molar-refractivity contribution in [2.45, 2.75) is 12.3 Å². The van der Waals surface area contributed by atoms with Gasteiger partial charge in [0.15, 0.2) is 0 Å². The third-order valence-corrected chi connectivity index (χ3v) is 4.08. The Bertz CT molecular complexity index is 703. The Balaban J connectivity index is 2.13. The number of hydrogen-bond donors (Lipinski definition) is 1. The van der Waals surface area contributed by atoms with Crippen LogP contribution in [0, 0.1) is 0 Å². The second-order valence-corrected chi connectivity index (χ2v) is 5.66. The number of nitrogens with zero attached hydrogens (tertiary/aromatic N) is 2. The van der Waals surface area contributed by atoms with Crippen molar-refractivity contribution >= 4 is 34.7 Å². The lowest BCUT2D eigenvalue weighted by atomic mass is 9.86. The summed E-state index contributed by atoms with van der Waals surface area (Å²) in [4.78, 5) is 0. The lowest BCUT2D eigenvalue weighted by molar-refractivity contribution is 0.887. The number of rotatable bonds is 2. The molecular weight excluding hydrogens is 305 g/mol. The Morgan fingerprint density at radius 3 is 2.24 bits per heavy atom. The molecule has 106 valence electrons. The monoisotopic (exact) mass is 317 g/mol. The van der Waals surface area contributed by atoms with Gasteiger partial charge in [-0.1, -0.05) is 59.6 Å². The zero-order valence-electron chi connectivity index (χ0n) is 11.1. The molecule has 2 aromatic carbocycles. The summed E-state index contributed by atoms with van der Waals surface area (Å²) in [6.45, 7) is 0. The van der Waals surface area contributed by atoms with Gasteiger partial charge in [0, 0.05) is 17.9 Å². The average molecular weight is 318 g/mol. The van der Waals surface area contributed by atoms with Crippen LogP contribution in [-0.4, -0.2) is 11.5 Å². The Morgan fingerprint density at radius 1 is 0.905 bits per heavy atom. The lowest BCUT2D eigenvalue weighted by Gasteiger charge is -2.23. The minimum atomic E-state index is 0.00102. The van der Waals surface area contributed by atoms with Crippen molar-refractivity contribution < 1.29 is 0 Å². The fourth-order valence-corrected chi connectivity index (χ4v) is 3.05. The molecule has 1 aliphatic heterocycles. The summed E-state index contributed by atoms with van der Waals surface area (Å²) in [5.41, 5.74) is 8.45. The lowest BCUT2D eigenvalue weighted by Crippen LogP contribution is -2.26. The predicted molar refractivity (Wildman–Crippen MR) is 88.4 cm³/mol. The first-order chi connectivity index (χ1) is 10.2. The fraction of sp³-hybridized carbons (Fsp3) is 0.125. The molecule has 0 bridgehead atoms. The predicted octanol–water partition coefficient (Wildman–Crippen LogP) is 4.24. The summed E-state index contributed by atoms with van der Waals surface area (Å²) >= 11 is 12.6. The first kappa shape index (κ1) is 14.1. The van der Waals surface area contributed by atoms with E-state index in [0.717, 1.165) is 16.8 Å². The number of halogens is 2. The highest BCUT2D eigenvalue weighted by Gasteiger charge is 2.27. The third kappa shape index (κ3) is 2.80. The Hall–Kier alpha value is -1.84. The van der Waals surface area contributed by atoms with E-state index in [1.165, 1.54) is 0 Å². The fourth-order valence-electron chi connectivity index (χ4n) is 2.46. The summed E-state index contributed by atoms with van der Waals surface area (Å²) in [6, 6.07) is 15.5. The van der Waals surface area contributed by atoms with Crippen molar-refractivity contribution in [3.8, 4) is 0 Å². The van der Waals surface area contributed by atoms with Crippen LogP contribution >= 0.6 is 23.2 Å². The van der Waals surface area contributed by atoms with Gasteiger partial charge in [0.1, 0.15) is 5.84 Å². The van der Waals surface area contributed by atoms with E-state index in [1.807, 2.05) is 36.4 Å². The second kappa shape index (κ2) is 5.88. The Morgan fingerprint density at radius 2 is 1.57 bits per heavy atom. The van der Waals surface area contributed by atoms with Crippen molar-refractivity contribution in [2.24, 2.45) is 15.9 Å². The highest BCUT2D eigenvalue weighted by Crippen LogP contribution is 2.34. The molecular formula is C16H13Cl2N3. The van der Waals surface area contributed by atoms with Gasteiger partial charge in [-0.2, -0.15) is 5.10 Å². The van der Waals surface area contributed by atoms with E-state index < -0.39 is 0 Å². The molecule has 0 amide bonds. The SMILES string of the molecule is NC1=NN=C(c2c(Cl)cccc2Cl)C(c2ccccc2)C1. The highest BCUT2D eigenvalue weighted by atomic mass is 35.5. The standard InChI is InChI=1S/C16H13Cl2N3/c17-12-7-4-8-13(18)15(12)16-11(9-14(19)20-21-16)10-5-2-1-3-6-10/h1-8,11H,9H2,(H2,19,20). The van der Waals surface area contributed by atoms with Crippen LogP contribution in [0.4, 0.5) is 0 Å². The summed E-state index contributed by atoms with van der Waals surface area (Å²) in [5.74, 6) is 0.511. The topological polar surface area (TPSA) is 50.7 Å². The molecule has 0 aromatic heterocycles. The molecule has 0 aliphatic carbocycles. The summed E-state index contributed by atoms with van der Waals surface area (Å²) in [5, 5.41) is 9.42. The number of benzene rings is 2. The Kier molecular flexibility index (Phi) is 3.95. The number of hydrogen-bond acceptors (Lipinski definition) is 3. The molecule has 1 unspecified atom stereocenters. The van der Waals surface area contributed by atoms with Crippen LogP contribution in [0.3, 0.4) is 0 Å². The summed E-state index contributed by atoms with van der Waals surface area (Å²) in [7, 11) is 0. The molecule has 0 fully saturated rings. The normalized spacial score (nSPS) is 18.1. The first-order valence-electron chi connectivity index (χ1n) is 6.56. The number of amidine groups is 1. The molecule has 0 spiro atoms. The molecule has 1 heterocycles. The largest absolute Gasteiger partial charge is 0.386 e. The van der Waals surface area contributed by atoms with Gasteiger partial charge >= 0.3 is 0 Å². The van der Waals surface area contributed by atoms with Crippen molar-refractivity contribution in [3.05, 3.63) is 69.7 Å². The molecule has 5 heteroatoms. The third-order valence-electron chi connectivity index (χ3n) is 3.45. The molecule has 3 rings (SSSR count). The quantitative estimate of drug-likeness (QED) is 0.884. The molecule has 1 aliphatic rings. The van der Waals surface area contributed by atoms with Gasteiger partial charge in [-0.05, 0) is 17.7 Å². The van der Waals surface area contributed by atoms with Crippen molar-refractivity contribution in [3.63, 3.8) is 0 Å².